The van der Waals surface area contributed by atoms with Crippen molar-refractivity contribution in [2.24, 2.45) is 0 Å². The van der Waals surface area contributed by atoms with Gasteiger partial charge in [-0.25, -0.2) is 0 Å². The zero-order chi connectivity index (χ0) is 20.9. The van der Waals surface area contributed by atoms with Gasteiger partial charge in [-0.2, -0.15) is 0 Å². The first-order chi connectivity index (χ1) is 14.6. The Balaban J connectivity index is 1.38. The van der Waals surface area contributed by atoms with Crippen LogP contribution in [0.25, 0.3) is 0 Å². The minimum absolute atomic E-state index is 0.0239. The maximum absolute atomic E-state index is 12.4. The molecule has 0 saturated carbocycles. The minimum Gasteiger partial charge on any atom is -0.484 e. The number of fused-ring (bicyclic) bond motifs is 1. The minimum atomic E-state index is -0.480. The van der Waals surface area contributed by atoms with Crippen molar-refractivity contribution in [2.45, 2.75) is 13.0 Å². The van der Waals surface area contributed by atoms with Crippen molar-refractivity contribution in [2.75, 3.05) is 23.4 Å². The van der Waals surface area contributed by atoms with Gasteiger partial charge in [-0.1, -0.05) is 36.4 Å². The number of nitrogens with zero attached hydrogens (tertiary/aromatic N) is 2. The summed E-state index contributed by atoms with van der Waals surface area (Å²) in [7, 11) is 0. The van der Waals surface area contributed by atoms with Gasteiger partial charge in [0.15, 0.2) is 6.61 Å². The van der Waals surface area contributed by atoms with Gasteiger partial charge in [-0.15, -0.1) is 0 Å². The molecule has 1 heterocycles. The van der Waals surface area contributed by atoms with E-state index in [1.165, 1.54) is 35.5 Å². The average Bonchev–Trinajstić information content (AvgIpc) is 3.17. The van der Waals surface area contributed by atoms with Crippen LogP contribution in [0.15, 0.2) is 72.8 Å². The second kappa shape index (κ2) is 8.65. The van der Waals surface area contributed by atoms with E-state index in [4.69, 9.17) is 4.74 Å². The molecule has 0 aliphatic carbocycles. The lowest BCUT2D eigenvalue weighted by atomic mass is 10.1. The molecular formula is C23H21N3O4. The summed E-state index contributed by atoms with van der Waals surface area (Å²) in [6.07, 6.45) is 1.02. The van der Waals surface area contributed by atoms with Crippen LogP contribution in [0, 0.1) is 10.1 Å². The van der Waals surface area contributed by atoms with E-state index in [1.807, 2.05) is 30.3 Å². The van der Waals surface area contributed by atoms with Gasteiger partial charge >= 0.3 is 0 Å². The van der Waals surface area contributed by atoms with Gasteiger partial charge < -0.3 is 15.0 Å². The molecule has 0 bridgehead atoms. The number of hydrogen-bond acceptors (Lipinski definition) is 5. The summed E-state index contributed by atoms with van der Waals surface area (Å²) in [5, 5.41) is 13.6. The van der Waals surface area contributed by atoms with Gasteiger partial charge in [-0.3, -0.25) is 14.9 Å². The Morgan fingerprint density at radius 2 is 1.77 bits per heavy atom. The highest BCUT2D eigenvalue weighted by molar-refractivity contribution is 5.92. The molecule has 1 aliphatic heterocycles. The highest BCUT2D eigenvalue weighted by Gasteiger charge is 2.19. The molecule has 4 rings (SSSR count). The molecule has 7 nitrogen and oxygen atoms in total. The number of anilines is 2. The molecule has 0 saturated heterocycles. The largest absolute Gasteiger partial charge is 0.484 e. The topological polar surface area (TPSA) is 84.7 Å². The first-order valence-electron chi connectivity index (χ1n) is 9.68. The number of amides is 1. The number of nitro groups is 1. The van der Waals surface area contributed by atoms with E-state index >= 15 is 0 Å². The lowest BCUT2D eigenvalue weighted by Gasteiger charge is -2.21. The lowest BCUT2D eigenvalue weighted by Crippen LogP contribution is -2.23. The first kappa shape index (κ1) is 19.4. The SMILES string of the molecule is O=C(COc1ccc([N+](=O)[O-])cc1)Nc1ccccc1CN1CCc2ccccc21. The summed E-state index contributed by atoms with van der Waals surface area (Å²) < 4.78 is 5.45. The number of rotatable bonds is 7. The fraction of sp³-hybridized carbons (Fsp3) is 0.174. The molecule has 30 heavy (non-hydrogen) atoms. The zero-order valence-electron chi connectivity index (χ0n) is 16.3. The van der Waals surface area contributed by atoms with Crippen LogP contribution in [0.2, 0.25) is 0 Å². The Hall–Kier alpha value is -3.87. The molecule has 0 spiro atoms. The van der Waals surface area contributed by atoms with Crippen molar-refractivity contribution in [1.29, 1.82) is 0 Å². The van der Waals surface area contributed by atoms with Crippen molar-refractivity contribution in [3.63, 3.8) is 0 Å². The van der Waals surface area contributed by atoms with Crippen molar-refractivity contribution < 1.29 is 14.5 Å². The predicted molar refractivity (Wildman–Crippen MR) is 115 cm³/mol. The molecule has 0 atom stereocenters. The molecule has 0 fully saturated rings. The molecule has 0 unspecified atom stereocenters. The van der Waals surface area contributed by atoms with E-state index in [1.54, 1.807) is 0 Å². The molecule has 0 aromatic heterocycles. The van der Waals surface area contributed by atoms with Crippen LogP contribution in [0.5, 0.6) is 5.75 Å². The van der Waals surface area contributed by atoms with Gasteiger partial charge in [0, 0.05) is 36.6 Å². The Labute approximate surface area is 174 Å². The molecule has 3 aromatic carbocycles. The molecular weight excluding hydrogens is 382 g/mol. The number of nitrogens with one attached hydrogen (secondary N) is 1. The number of non-ortho nitro benzene ring substituents is 1. The number of nitro benzene ring substituents is 1. The van der Waals surface area contributed by atoms with Gasteiger partial charge in [0.05, 0.1) is 4.92 Å². The van der Waals surface area contributed by atoms with Gasteiger partial charge in [0.25, 0.3) is 11.6 Å². The van der Waals surface area contributed by atoms with Crippen LogP contribution in [0.1, 0.15) is 11.1 Å². The van der Waals surface area contributed by atoms with E-state index in [-0.39, 0.29) is 18.2 Å². The third kappa shape index (κ3) is 4.41. The van der Waals surface area contributed by atoms with Crippen molar-refractivity contribution in [1.82, 2.24) is 0 Å². The van der Waals surface area contributed by atoms with Crippen molar-refractivity contribution >= 4 is 23.0 Å². The Kier molecular flexibility index (Phi) is 5.61. The van der Waals surface area contributed by atoms with Crippen LogP contribution in [-0.2, 0) is 17.8 Å². The third-order valence-electron chi connectivity index (χ3n) is 5.05. The number of carbonyl (C=O) groups excluding carboxylic acids is 1. The molecule has 3 aromatic rings. The summed E-state index contributed by atoms with van der Waals surface area (Å²) in [6, 6.07) is 21.7. The maximum atomic E-state index is 12.4. The number of hydrogen-bond donors (Lipinski definition) is 1. The normalized spacial score (nSPS) is 12.3. The van der Waals surface area contributed by atoms with Gasteiger partial charge in [0.1, 0.15) is 5.75 Å². The van der Waals surface area contributed by atoms with Crippen LogP contribution in [0.4, 0.5) is 17.1 Å². The summed E-state index contributed by atoms with van der Waals surface area (Å²) in [5.74, 6) is 0.111. The maximum Gasteiger partial charge on any atom is 0.269 e. The molecule has 1 N–H and O–H groups in total. The molecule has 0 radical (unpaired) electrons. The van der Waals surface area contributed by atoms with Gasteiger partial charge in [-0.05, 0) is 41.8 Å². The van der Waals surface area contributed by atoms with Crippen molar-refractivity contribution in [3.05, 3.63) is 94.0 Å². The number of benzene rings is 3. The quantitative estimate of drug-likeness (QED) is 0.473. The Morgan fingerprint density at radius 3 is 2.57 bits per heavy atom. The molecule has 7 heteroatoms. The summed E-state index contributed by atoms with van der Waals surface area (Å²) in [5.41, 5.74) is 4.33. The standard InChI is InChI=1S/C23H21N3O4/c27-23(16-30-20-11-9-19(10-12-20)26(28)29)24-21-7-3-1-6-18(21)15-25-14-13-17-5-2-4-8-22(17)25/h1-12H,13-16H2,(H,24,27). The zero-order valence-corrected chi connectivity index (χ0v) is 16.3. The fourth-order valence-corrected chi connectivity index (χ4v) is 3.56. The number of para-hydroxylation sites is 2. The van der Waals surface area contributed by atoms with E-state index in [2.05, 4.69) is 28.4 Å². The van der Waals surface area contributed by atoms with Crippen LogP contribution in [-0.4, -0.2) is 24.0 Å². The number of ether oxygens (including phenoxy) is 1. The highest BCUT2D eigenvalue weighted by atomic mass is 16.6. The van der Waals surface area contributed by atoms with E-state index in [0.29, 0.717) is 12.3 Å². The summed E-state index contributed by atoms with van der Waals surface area (Å²) in [4.78, 5) is 24.9. The average molecular weight is 403 g/mol. The van der Waals surface area contributed by atoms with Crippen LogP contribution in [0.3, 0.4) is 0 Å². The Bertz CT molecular complexity index is 1070. The highest BCUT2D eigenvalue weighted by Crippen LogP contribution is 2.30. The molecule has 152 valence electrons. The monoisotopic (exact) mass is 403 g/mol. The molecule has 1 aliphatic rings. The van der Waals surface area contributed by atoms with E-state index in [0.717, 1.165) is 24.2 Å². The van der Waals surface area contributed by atoms with Crippen LogP contribution >= 0.6 is 0 Å². The smallest absolute Gasteiger partial charge is 0.269 e. The second-order valence-corrected chi connectivity index (χ2v) is 7.05. The number of carbonyl (C=O) groups is 1. The van der Waals surface area contributed by atoms with Crippen LogP contribution < -0.4 is 15.0 Å². The molecule has 1 amide bonds. The lowest BCUT2D eigenvalue weighted by molar-refractivity contribution is -0.384. The first-order valence-corrected chi connectivity index (χ1v) is 9.68. The van der Waals surface area contributed by atoms with Crippen molar-refractivity contribution in [3.8, 4) is 5.75 Å². The van der Waals surface area contributed by atoms with E-state index in [9.17, 15) is 14.9 Å². The summed E-state index contributed by atoms with van der Waals surface area (Å²) >= 11 is 0. The second-order valence-electron chi connectivity index (χ2n) is 7.05. The Morgan fingerprint density at radius 1 is 1.03 bits per heavy atom. The van der Waals surface area contributed by atoms with E-state index < -0.39 is 4.92 Å². The fourth-order valence-electron chi connectivity index (χ4n) is 3.56. The van der Waals surface area contributed by atoms with Gasteiger partial charge in [0.2, 0.25) is 0 Å². The summed E-state index contributed by atoms with van der Waals surface area (Å²) in [6.45, 7) is 1.47. The predicted octanol–water partition coefficient (Wildman–Crippen LogP) is 4.18. The third-order valence-corrected chi connectivity index (χ3v) is 5.05.